The van der Waals surface area contributed by atoms with E-state index in [-0.39, 0.29) is 24.3 Å². The molecule has 4 rings (SSSR count). The molecule has 6 nitrogen and oxygen atoms in total. The number of H-pyrrole nitrogens is 1. The van der Waals surface area contributed by atoms with Crippen molar-refractivity contribution in [3.63, 3.8) is 0 Å². The van der Waals surface area contributed by atoms with Crippen molar-refractivity contribution in [2.75, 3.05) is 27.3 Å². The van der Waals surface area contributed by atoms with E-state index in [2.05, 4.69) is 28.1 Å². The Kier molecular flexibility index (Phi) is 7.02. The number of hydrogen-bond acceptors (Lipinski definition) is 5. The van der Waals surface area contributed by atoms with Gasteiger partial charge in [-0.25, -0.2) is 0 Å². The zero-order valence-corrected chi connectivity index (χ0v) is 19.3. The van der Waals surface area contributed by atoms with Gasteiger partial charge in [0, 0.05) is 44.0 Å². The molecule has 2 aromatic carbocycles. The van der Waals surface area contributed by atoms with Gasteiger partial charge in [-0.15, -0.1) is 0 Å². The van der Waals surface area contributed by atoms with Crippen LogP contribution in [0.3, 0.4) is 0 Å². The van der Waals surface area contributed by atoms with Gasteiger partial charge in [0.2, 0.25) is 0 Å². The van der Waals surface area contributed by atoms with Crippen LogP contribution in [0.4, 0.5) is 0 Å². The number of hydrogen-bond donors (Lipinski definition) is 1. The first-order chi connectivity index (χ1) is 16.5. The predicted molar refractivity (Wildman–Crippen MR) is 128 cm³/mol. The largest absolute Gasteiger partial charge is 0.469 e. The van der Waals surface area contributed by atoms with Crippen molar-refractivity contribution in [2.45, 2.75) is 38.1 Å². The molecule has 0 bridgehead atoms. The first-order valence-corrected chi connectivity index (χ1v) is 11.5. The number of carbonyl (C=O) groups excluding carboxylic acids is 2. The summed E-state index contributed by atoms with van der Waals surface area (Å²) >= 11 is 0. The van der Waals surface area contributed by atoms with E-state index in [0.29, 0.717) is 32.4 Å². The van der Waals surface area contributed by atoms with Gasteiger partial charge < -0.3 is 14.5 Å². The number of ether oxygens (including phenoxy) is 2. The lowest BCUT2D eigenvalue weighted by Gasteiger charge is -2.28. The third-order valence-electron chi connectivity index (χ3n) is 6.47. The predicted octanol–water partition coefficient (Wildman–Crippen LogP) is 4.44. The van der Waals surface area contributed by atoms with Crippen molar-refractivity contribution >= 4 is 22.8 Å². The third-order valence-corrected chi connectivity index (χ3v) is 6.47. The number of aromatic nitrogens is 1. The molecule has 0 aliphatic carbocycles. The van der Waals surface area contributed by atoms with E-state index in [4.69, 9.17) is 9.47 Å². The van der Waals surface area contributed by atoms with E-state index in [0.717, 1.165) is 27.7 Å². The van der Waals surface area contributed by atoms with Crippen LogP contribution in [0.25, 0.3) is 10.9 Å². The molecule has 0 unspecified atom stereocenters. The summed E-state index contributed by atoms with van der Waals surface area (Å²) in [5, 5.41) is 1.10. The topological polar surface area (TPSA) is 71.6 Å². The molecule has 0 saturated carbocycles. The maximum Gasteiger partial charge on any atom is 0.314 e. The second kappa shape index (κ2) is 10.7. The summed E-state index contributed by atoms with van der Waals surface area (Å²) in [6.45, 7) is 0.720. The van der Waals surface area contributed by atoms with Gasteiger partial charge >= 0.3 is 11.9 Å². The van der Waals surface area contributed by atoms with E-state index in [9.17, 15) is 11.0 Å². The Morgan fingerprint density at radius 2 is 1.85 bits per heavy atom. The van der Waals surface area contributed by atoms with Gasteiger partial charge in [-0.05, 0) is 42.4 Å². The quantitative estimate of drug-likeness (QED) is 0.563. The van der Waals surface area contributed by atoms with Crippen LogP contribution in [0.1, 0.15) is 43.4 Å². The van der Waals surface area contributed by atoms with Crippen LogP contribution >= 0.6 is 0 Å². The van der Waals surface area contributed by atoms with Gasteiger partial charge in [-0.3, -0.25) is 14.5 Å². The lowest BCUT2D eigenvalue weighted by atomic mass is 9.87. The zero-order valence-electron chi connectivity index (χ0n) is 20.3. The minimum Gasteiger partial charge on any atom is -0.469 e. The second-order valence-corrected chi connectivity index (χ2v) is 8.60. The Balaban J connectivity index is 1.75. The van der Waals surface area contributed by atoms with Gasteiger partial charge in [0.25, 0.3) is 0 Å². The summed E-state index contributed by atoms with van der Waals surface area (Å²) in [4.78, 5) is 30.6. The van der Waals surface area contributed by atoms with Crippen LogP contribution in [0, 0.1) is 5.92 Å². The van der Waals surface area contributed by atoms with Gasteiger partial charge in [0.1, 0.15) is 0 Å². The average molecular weight is 450 g/mol. The van der Waals surface area contributed by atoms with Crippen LogP contribution in [-0.4, -0.2) is 49.1 Å². The molecule has 1 aromatic heterocycles. The Morgan fingerprint density at radius 1 is 1.09 bits per heavy atom. The minimum atomic E-state index is -0.577. The second-order valence-electron chi connectivity index (χ2n) is 8.60. The molecule has 0 saturated heterocycles. The molecule has 0 spiro atoms. The van der Waals surface area contributed by atoms with E-state index in [1.165, 1.54) is 14.2 Å². The number of rotatable bonds is 6. The highest BCUT2D eigenvalue weighted by atomic mass is 16.5. The number of nitrogens with zero attached hydrogens (tertiary/aromatic N) is 1. The number of aromatic amines is 1. The van der Waals surface area contributed by atoms with Crippen LogP contribution in [0.15, 0.2) is 54.6 Å². The Bertz CT molecular complexity index is 1130. The molecule has 6 heteroatoms. The first kappa shape index (κ1) is 21.7. The molecular weight excluding hydrogens is 416 g/mol. The fourth-order valence-electron chi connectivity index (χ4n) is 4.80. The SMILES string of the molecule is [2H][C@@H]1[C@H](CCC(=O)OC)C[C@@H](C(=O)OC)c2[nH]c3ccccc3c2CCN1Cc1ccccc1. The fourth-order valence-corrected chi connectivity index (χ4v) is 4.80. The number of fused-ring (bicyclic) bond motifs is 3. The Hall–Kier alpha value is -3.12. The Labute approximate surface area is 196 Å². The number of esters is 2. The maximum atomic E-state index is 13.0. The van der Waals surface area contributed by atoms with E-state index < -0.39 is 12.4 Å². The fraction of sp³-hybridized carbons (Fsp3) is 0.407. The monoisotopic (exact) mass is 449 g/mol. The van der Waals surface area contributed by atoms with E-state index in [1.54, 1.807) is 0 Å². The lowest BCUT2D eigenvalue weighted by Crippen LogP contribution is -2.32. The van der Waals surface area contributed by atoms with Crippen molar-refractivity contribution in [1.29, 1.82) is 0 Å². The van der Waals surface area contributed by atoms with Crippen molar-refractivity contribution < 1.29 is 20.4 Å². The molecule has 174 valence electrons. The zero-order chi connectivity index (χ0) is 24.1. The summed E-state index contributed by atoms with van der Waals surface area (Å²) in [5.74, 6) is -1.37. The third kappa shape index (κ3) is 5.45. The van der Waals surface area contributed by atoms with Crippen LogP contribution in [-0.2, 0) is 32.0 Å². The molecule has 3 atom stereocenters. The summed E-state index contributed by atoms with van der Waals surface area (Å²) in [7, 11) is 2.78. The number of nitrogens with one attached hydrogen (secondary N) is 1. The summed E-state index contributed by atoms with van der Waals surface area (Å²) in [6.07, 6.45) is 1.81. The molecular formula is C27H32N2O4. The number of methoxy groups -OCH3 is 2. The van der Waals surface area contributed by atoms with Crippen LogP contribution in [0.5, 0.6) is 0 Å². The molecule has 0 fully saturated rings. The summed E-state index contributed by atoms with van der Waals surface area (Å²) in [5.41, 5.74) is 4.09. The molecule has 2 heterocycles. The maximum absolute atomic E-state index is 13.0. The summed E-state index contributed by atoms with van der Waals surface area (Å²) < 4.78 is 19.3. The smallest absolute Gasteiger partial charge is 0.314 e. The van der Waals surface area contributed by atoms with Gasteiger partial charge in [0.15, 0.2) is 0 Å². The standard InChI is InChI=1S/C27H32N2O4/c1-32-25(30)13-12-20-16-23(27(31)33-2)26-22(21-10-6-7-11-24(21)28-26)14-15-29(18-20)17-19-8-4-3-5-9-19/h3-11,20,23,28H,12-18H2,1-2H3/t20-,23-/m1/s1/i18D/t18-,20-,23-. The molecule has 0 radical (unpaired) electrons. The van der Waals surface area contributed by atoms with Crippen molar-refractivity contribution in [3.8, 4) is 0 Å². The van der Waals surface area contributed by atoms with E-state index in [1.807, 2.05) is 36.4 Å². The number of benzene rings is 2. The van der Waals surface area contributed by atoms with Gasteiger partial charge in [-0.1, -0.05) is 48.5 Å². The molecule has 1 N–H and O–H groups in total. The molecule has 3 aromatic rings. The van der Waals surface area contributed by atoms with Crippen LogP contribution < -0.4 is 0 Å². The molecule has 33 heavy (non-hydrogen) atoms. The number of carbonyl (C=O) groups is 2. The molecule has 0 amide bonds. The number of para-hydroxylation sites is 1. The molecule has 1 aliphatic rings. The highest BCUT2D eigenvalue weighted by Crippen LogP contribution is 2.35. The minimum absolute atomic E-state index is 0.211. The van der Waals surface area contributed by atoms with Gasteiger partial charge in [0.05, 0.1) is 20.1 Å². The first-order valence-electron chi connectivity index (χ1n) is 12.0. The van der Waals surface area contributed by atoms with Crippen molar-refractivity contribution in [2.24, 2.45) is 5.92 Å². The van der Waals surface area contributed by atoms with Crippen molar-refractivity contribution in [1.82, 2.24) is 9.88 Å². The lowest BCUT2D eigenvalue weighted by molar-refractivity contribution is -0.143. The van der Waals surface area contributed by atoms with Crippen molar-refractivity contribution in [3.05, 3.63) is 71.4 Å². The molecule has 1 aliphatic heterocycles. The van der Waals surface area contributed by atoms with E-state index >= 15 is 0 Å². The summed E-state index contributed by atoms with van der Waals surface area (Å²) in [6, 6.07) is 18.2. The van der Waals surface area contributed by atoms with Crippen LogP contribution in [0.2, 0.25) is 0 Å². The normalized spacial score (nSPS) is 21.9. The van der Waals surface area contributed by atoms with Gasteiger partial charge in [-0.2, -0.15) is 0 Å². The Morgan fingerprint density at radius 3 is 2.61 bits per heavy atom. The highest BCUT2D eigenvalue weighted by Gasteiger charge is 2.32. The average Bonchev–Trinajstić information content (AvgIpc) is 3.25. The highest BCUT2D eigenvalue weighted by molar-refractivity contribution is 5.88.